The highest BCUT2D eigenvalue weighted by Crippen LogP contribution is 2.46. The summed E-state index contributed by atoms with van der Waals surface area (Å²) in [5, 5.41) is 8.05. The molecule has 2 aromatic heterocycles. The lowest BCUT2D eigenvalue weighted by atomic mass is 10.0. The van der Waals surface area contributed by atoms with Crippen LogP contribution < -0.4 is 20.1 Å². The van der Waals surface area contributed by atoms with Crippen LogP contribution in [0.5, 0.6) is 6.01 Å². The number of nitrogens with one attached hydrogen (secondary N) is 3. The number of allylic oxidation sites excluding steroid dienone is 1. The van der Waals surface area contributed by atoms with E-state index in [-0.39, 0.29) is 44.3 Å². The maximum absolute atomic E-state index is 14.7. The number of para-hydroxylation sites is 1. The van der Waals surface area contributed by atoms with Crippen LogP contribution in [0, 0.1) is 17.6 Å². The summed E-state index contributed by atoms with van der Waals surface area (Å²) in [6, 6.07) is 6.78. The van der Waals surface area contributed by atoms with Gasteiger partial charge in [-0.3, -0.25) is 19.0 Å². The molecule has 16 nitrogen and oxygen atoms in total. The number of alkyl carbamates (subject to hydrolysis) is 1. The maximum atomic E-state index is 14.7. The van der Waals surface area contributed by atoms with Crippen LogP contribution in [-0.2, 0) is 35.8 Å². The molecule has 2 aromatic carbocycles. The van der Waals surface area contributed by atoms with E-state index in [9.17, 15) is 36.4 Å². The van der Waals surface area contributed by atoms with Crippen molar-refractivity contribution in [3.05, 3.63) is 76.8 Å². The number of imidazole rings is 1. The average molecular weight is 939 g/mol. The van der Waals surface area contributed by atoms with E-state index in [4.69, 9.17) is 19.4 Å². The smallest absolute Gasteiger partial charge is 0.408 e. The zero-order valence-electron chi connectivity index (χ0n) is 37.5. The molecule has 20 heteroatoms. The Bertz CT molecular complexity index is 2590. The Morgan fingerprint density at radius 3 is 2.51 bits per heavy atom. The third kappa shape index (κ3) is 10.8. The van der Waals surface area contributed by atoms with Gasteiger partial charge in [-0.05, 0) is 90.1 Å². The highest BCUT2D eigenvalue weighted by Gasteiger charge is 2.62. The summed E-state index contributed by atoms with van der Waals surface area (Å²) >= 11 is 1.36. The van der Waals surface area contributed by atoms with Crippen molar-refractivity contribution < 1.29 is 45.9 Å². The van der Waals surface area contributed by atoms with Gasteiger partial charge in [0.15, 0.2) is 0 Å². The summed E-state index contributed by atoms with van der Waals surface area (Å²) in [6.07, 6.45) is 5.41. The first kappa shape index (κ1) is 47.5. The van der Waals surface area contributed by atoms with E-state index < -0.39 is 80.9 Å². The van der Waals surface area contributed by atoms with Gasteiger partial charge in [-0.25, -0.2) is 23.3 Å². The normalized spacial score (nSPS) is 23.1. The van der Waals surface area contributed by atoms with E-state index >= 15 is 0 Å². The molecule has 0 unspecified atom stereocenters. The molecule has 4 aromatic rings. The predicted octanol–water partition coefficient (Wildman–Crippen LogP) is 6.17. The number of nitrogens with zero attached hydrogens (tertiary/aromatic N) is 5. The molecule has 4 heterocycles. The molecule has 1 saturated heterocycles. The van der Waals surface area contributed by atoms with Gasteiger partial charge >= 0.3 is 16.3 Å². The highest BCUT2D eigenvalue weighted by molar-refractivity contribution is 7.87. The van der Waals surface area contributed by atoms with Crippen molar-refractivity contribution in [1.82, 2.24) is 39.1 Å². The third-order valence-electron chi connectivity index (χ3n) is 11.6. The Kier molecular flexibility index (Phi) is 13.7. The quantitative estimate of drug-likeness (QED) is 0.155. The van der Waals surface area contributed by atoms with Gasteiger partial charge in [-0.2, -0.15) is 17.7 Å². The number of hydrogen-bond donors (Lipinski definition) is 3. The fourth-order valence-electron chi connectivity index (χ4n) is 8.35. The van der Waals surface area contributed by atoms with E-state index in [1.165, 1.54) is 42.5 Å². The fourth-order valence-corrected chi connectivity index (χ4v) is 9.79. The Hall–Kier alpha value is -5.47. The average Bonchev–Trinajstić information content (AvgIpc) is 3.52. The molecule has 0 bridgehead atoms. The lowest BCUT2D eigenvalue weighted by molar-refractivity contribution is -0.141. The number of benzene rings is 2. The summed E-state index contributed by atoms with van der Waals surface area (Å²) in [5.41, 5.74) is 0.612. The molecule has 2 fully saturated rings. The first-order valence-corrected chi connectivity index (χ1v) is 24.1. The number of fused-ring (bicyclic) bond motifs is 3. The third-order valence-corrected chi connectivity index (χ3v) is 13.9. The number of hydrogen-bond acceptors (Lipinski definition) is 11. The van der Waals surface area contributed by atoms with Crippen molar-refractivity contribution in [2.45, 2.75) is 121 Å². The molecule has 1 saturated carbocycles. The second-order valence-corrected chi connectivity index (χ2v) is 21.1. The largest absolute Gasteiger partial charge is 0.459 e. The molecule has 0 radical (unpaired) electrons. The SMILES string of the molecule is CC(C)n1c(O[C@@H]2C[C@H]3C(=O)N[C@]4(C(=O)NS(=O)(=O)N(C)C)C[C@H]4C=CCCCCC[C@H](NC(=O)OC(C)(C)C)C(=O)N3C2)nc2c(-c3nc(Cc4cc(F)cc(F)c4)cs3)cccc21. The van der Waals surface area contributed by atoms with Crippen molar-refractivity contribution >= 4 is 56.4 Å². The monoisotopic (exact) mass is 938 g/mol. The Labute approximate surface area is 381 Å². The molecule has 65 heavy (non-hydrogen) atoms. The van der Waals surface area contributed by atoms with Gasteiger partial charge in [0.1, 0.15) is 51.5 Å². The molecule has 3 aliphatic rings. The van der Waals surface area contributed by atoms with Gasteiger partial charge in [0.2, 0.25) is 11.8 Å². The summed E-state index contributed by atoms with van der Waals surface area (Å²) < 4.78 is 70.6. The summed E-state index contributed by atoms with van der Waals surface area (Å²) in [5.74, 6) is -3.99. The highest BCUT2D eigenvalue weighted by atomic mass is 32.2. The number of halogens is 2. The van der Waals surface area contributed by atoms with Crippen LogP contribution in [0.25, 0.3) is 21.6 Å². The molecule has 7 rings (SSSR count). The molecule has 2 aliphatic heterocycles. The van der Waals surface area contributed by atoms with Crippen LogP contribution in [0.15, 0.2) is 53.9 Å². The van der Waals surface area contributed by atoms with E-state index in [1.54, 1.807) is 20.8 Å². The first-order chi connectivity index (χ1) is 30.6. The molecule has 0 spiro atoms. The minimum Gasteiger partial charge on any atom is -0.459 e. The van der Waals surface area contributed by atoms with Gasteiger partial charge in [0.05, 0.1) is 17.8 Å². The summed E-state index contributed by atoms with van der Waals surface area (Å²) in [4.78, 5) is 67.4. The number of carbonyl (C=O) groups is 4. The van der Waals surface area contributed by atoms with E-state index in [1.807, 2.05) is 54.1 Å². The van der Waals surface area contributed by atoms with Crippen LogP contribution >= 0.6 is 11.3 Å². The van der Waals surface area contributed by atoms with Gasteiger partial charge < -0.3 is 25.0 Å². The number of amides is 4. The van der Waals surface area contributed by atoms with E-state index in [2.05, 4.69) is 15.4 Å². The number of carbonyl (C=O) groups excluding carboxylic acids is 4. The number of aromatic nitrogens is 3. The van der Waals surface area contributed by atoms with Crippen molar-refractivity contribution in [3.63, 3.8) is 0 Å². The van der Waals surface area contributed by atoms with Gasteiger partial charge in [0, 0.05) is 55.9 Å². The van der Waals surface area contributed by atoms with Crippen LogP contribution in [-0.4, -0.2) is 106 Å². The molecular formula is C45H56F2N8O8S2. The van der Waals surface area contributed by atoms with Crippen molar-refractivity contribution in [2.24, 2.45) is 5.92 Å². The van der Waals surface area contributed by atoms with E-state index in [0.29, 0.717) is 40.2 Å². The van der Waals surface area contributed by atoms with Crippen molar-refractivity contribution in [3.8, 4) is 16.6 Å². The zero-order valence-corrected chi connectivity index (χ0v) is 39.2. The molecule has 4 amide bonds. The second kappa shape index (κ2) is 18.8. The lowest BCUT2D eigenvalue weighted by Gasteiger charge is -2.30. The predicted molar refractivity (Wildman–Crippen MR) is 240 cm³/mol. The van der Waals surface area contributed by atoms with Crippen molar-refractivity contribution in [1.29, 1.82) is 0 Å². The number of thiazole rings is 1. The molecule has 3 N–H and O–H groups in total. The minimum absolute atomic E-state index is 0.0321. The van der Waals surface area contributed by atoms with Crippen molar-refractivity contribution in [2.75, 3.05) is 20.6 Å². The van der Waals surface area contributed by atoms with Gasteiger partial charge in [-0.1, -0.05) is 31.1 Å². The van der Waals surface area contributed by atoms with E-state index in [0.717, 1.165) is 28.7 Å². The standard InChI is InChI=1S/C45H56F2N8O8S2/c1-26(2)55-35-17-13-15-33(39-48-31(25-64-39)20-27-18-29(46)21-30(47)19-27)37(35)50-42(55)62-32-22-36-38(56)51-45(41(58)52-65(60,61)53(6)7)23-28(45)14-11-9-8-10-12-16-34(40(57)54(36)24-32)49-43(59)63-44(3,4)5/h11,13-15,17-19,21,25-26,28,32,34,36H,8-10,12,16,20,22-24H2,1-7H3,(H,49,59)(H,51,56)(H,52,58)/t28-,32-,34+,36+,45-/m1/s1. The lowest BCUT2D eigenvalue weighted by Crippen LogP contribution is -2.58. The van der Waals surface area contributed by atoms with Crippen LogP contribution in [0.1, 0.15) is 96.9 Å². The Balaban J connectivity index is 1.21. The summed E-state index contributed by atoms with van der Waals surface area (Å²) in [6.45, 7) is 8.97. The topological polar surface area (TPSA) is 194 Å². The van der Waals surface area contributed by atoms with Crippen LogP contribution in [0.2, 0.25) is 0 Å². The van der Waals surface area contributed by atoms with Crippen LogP contribution in [0.3, 0.4) is 0 Å². The molecule has 1 aliphatic carbocycles. The van der Waals surface area contributed by atoms with Crippen LogP contribution in [0.4, 0.5) is 13.6 Å². The zero-order chi connectivity index (χ0) is 47.0. The first-order valence-electron chi connectivity index (χ1n) is 21.7. The number of rotatable bonds is 10. The fraction of sp³-hybridized carbons (Fsp3) is 0.511. The molecule has 5 atom stereocenters. The summed E-state index contributed by atoms with van der Waals surface area (Å²) in [7, 11) is -1.66. The van der Waals surface area contributed by atoms with Gasteiger partial charge in [0.25, 0.3) is 11.9 Å². The maximum Gasteiger partial charge on any atom is 0.408 e. The Morgan fingerprint density at radius 1 is 1.08 bits per heavy atom. The molecule has 350 valence electrons. The van der Waals surface area contributed by atoms with Gasteiger partial charge in [-0.15, -0.1) is 11.3 Å². The number of ether oxygens (including phenoxy) is 2. The minimum atomic E-state index is -4.22. The Morgan fingerprint density at radius 2 is 1.82 bits per heavy atom. The second-order valence-electron chi connectivity index (χ2n) is 18.4. The molecular weight excluding hydrogens is 883 g/mol.